The maximum atomic E-state index is 11.1. The average Bonchev–Trinajstić information content (AvgIpc) is 3.42. The molecule has 0 radical (unpaired) electrons. The Bertz CT molecular complexity index is 1190. The fraction of sp³-hybridized carbons (Fsp3) is 0.300. The van der Waals surface area contributed by atoms with Crippen LogP contribution in [0.15, 0.2) is 47.2 Å². The number of benzene rings is 1. The van der Waals surface area contributed by atoms with Gasteiger partial charge in [-0.05, 0) is 50.0 Å². The number of nitrogens with zero attached hydrogens (tertiary/aromatic N) is 6. The molecular weight excluding hydrogens is 432 g/mol. The Hall–Kier alpha value is -3.03. The highest BCUT2D eigenvalue weighted by atomic mass is 32.2. The van der Waals surface area contributed by atoms with Crippen LogP contribution in [0.25, 0.3) is 28.3 Å². The number of hydrogen-bond acceptors (Lipinski definition) is 8. The molecule has 0 saturated heterocycles. The van der Waals surface area contributed by atoms with Gasteiger partial charge in [-0.25, -0.2) is 18.4 Å². The largest absolute Gasteiger partial charge is 0.338 e. The molecular formula is C20H24N8O3S. The quantitative estimate of drug-likeness (QED) is 0.239. The Labute approximate surface area is 187 Å². The summed E-state index contributed by atoms with van der Waals surface area (Å²) < 4.78 is 29.8. The average molecular weight is 457 g/mol. The second kappa shape index (κ2) is 10.1. The molecule has 3 N–H and O–H groups in total. The standard InChI is InChI=1S/C20H24N8O3S/c1-27(2)7-6-21-12-19-25-20(26-31-19)16-9-14(11-23-32(29)30)8-15(10-16)17-13-28-18(24-17)4-3-5-22-28/h3-5,8-10,13,21,23H,6-7,11-12H2,1-2H3,(H,29,30). The first-order chi connectivity index (χ1) is 15.5. The van der Waals surface area contributed by atoms with E-state index in [1.807, 2.05) is 50.6 Å². The van der Waals surface area contributed by atoms with Crippen molar-refractivity contribution in [3.63, 3.8) is 0 Å². The highest BCUT2D eigenvalue weighted by Gasteiger charge is 2.14. The highest BCUT2D eigenvalue weighted by Crippen LogP contribution is 2.27. The van der Waals surface area contributed by atoms with E-state index in [1.54, 1.807) is 10.7 Å². The summed E-state index contributed by atoms with van der Waals surface area (Å²) in [6.45, 7) is 2.36. The third-order valence-electron chi connectivity index (χ3n) is 4.66. The van der Waals surface area contributed by atoms with Crippen LogP contribution in [0.2, 0.25) is 0 Å². The van der Waals surface area contributed by atoms with Gasteiger partial charge in [-0.3, -0.25) is 4.55 Å². The minimum absolute atomic E-state index is 0.187. The molecule has 0 amide bonds. The van der Waals surface area contributed by atoms with Crippen LogP contribution in [0.5, 0.6) is 0 Å². The van der Waals surface area contributed by atoms with E-state index < -0.39 is 11.3 Å². The Kier molecular flexibility index (Phi) is 6.97. The second-order valence-corrected chi connectivity index (χ2v) is 8.22. The molecule has 0 aliphatic carbocycles. The topological polar surface area (TPSA) is 134 Å². The Morgan fingerprint density at radius 3 is 2.81 bits per heavy atom. The maximum Gasteiger partial charge on any atom is 0.240 e. The van der Waals surface area contributed by atoms with Crippen LogP contribution in [0.1, 0.15) is 11.5 Å². The van der Waals surface area contributed by atoms with E-state index in [2.05, 4.69) is 35.2 Å². The molecule has 0 bridgehead atoms. The SMILES string of the molecule is CN(C)CCNCc1nc(-c2cc(CNS(=O)O)cc(-c3cn4ncccc4n3)c2)no1. The number of fused-ring (bicyclic) bond motifs is 1. The zero-order valence-corrected chi connectivity index (χ0v) is 18.5. The van der Waals surface area contributed by atoms with Crippen molar-refractivity contribution in [3.8, 4) is 22.6 Å². The number of nitrogens with one attached hydrogen (secondary N) is 2. The molecule has 0 spiro atoms. The van der Waals surface area contributed by atoms with Crippen LogP contribution in [-0.2, 0) is 24.4 Å². The lowest BCUT2D eigenvalue weighted by molar-refractivity contribution is 0.355. The third-order valence-corrected chi connectivity index (χ3v) is 5.05. The summed E-state index contributed by atoms with van der Waals surface area (Å²) in [5.74, 6) is 0.918. The molecule has 168 valence electrons. The summed E-state index contributed by atoms with van der Waals surface area (Å²) in [6, 6.07) is 9.35. The monoisotopic (exact) mass is 456 g/mol. The molecule has 11 nitrogen and oxygen atoms in total. The fourth-order valence-corrected chi connectivity index (χ4v) is 3.42. The normalized spacial score (nSPS) is 12.6. The lowest BCUT2D eigenvalue weighted by atomic mass is 10.0. The van der Waals surface area contributed by atoms with Gasteiger partial charge in [-0.2, -0.15) is 10.1 Å². The number of aromatic nitrogens is 5. The minimum atomic E-state index is -2.13. The van der Waals surface area contributed by atoms with E-state index in [9.17, 15) is 4.21 Å². The van der Waals surface area contributed by atoms with Gasteiger partial charge in [-0.15, -0.1) is 0 Å². The molecule has 32 heavy (non-hydrogen) atoms. The van der Waals surface area contributed by atoms with Crippen LogP contribution in [0, 0.1) is 0 Å². The zero-order valence-electron chi connectivity index (χ0n) is 17.7. The molecule has 1 unspecified atom stereocenters. The first-order valence-electron chi connectivity index (χ1n) is 9.95. The maximum absolute atomic E-state index is 11.1. The smallest absolute Gasteiger partial charge is 0.240 e. The van der Waals surface area contributed by atoms with Gasteiger partial charge in [-0.1, -0.05) is 5.16 Å². The fourth-order valence-electron chi connectivity index (χ4n) is 3.13. The first kappa shape index (κ1) is 22.2. The van der Waals surface area contributed by atoms with E-state index in [0.29, 0.717) is 24.0 Å². The van der Waals surface area contributed by atoms with E-state index in [1.165, 1.54) is 0 Å². The van der Waals surface area contributed by atoms with Gasteiger partial charge in [0.25, 0.3) is 0 Å². The van der Waals surface area contributed by atoms with Crippen molar-refractivity contribution in [1.82, 2.24) is 39.7 Å². The first-order valence-corrected chi connectivity index (χ1v) is 11.1. The van der Waals surface area contributed by atoms with Crippen molar-refractivity contribution in [2.75, 3.05) is 27.2 Å². The van der Waals surface area contributed by atoms with E-state index in [-0.39, 0.29) is 6.54 Å². The Morgan fingerprint density at radius 1 is 1.19 bits per heavy atom. The number of hydrogen-bond donors (Lipinski definition) is 3. The number of rotatable bonds is 10. The van der Waals surface area contributed by atoms with E-state index in [4.69, 9.17) is 9.08 Å². The lowest BCUT2D eigenvalue weighted by Crippen LogP contribution is -2.26. The lowest BCUT2D eigenvalue weighted by Gasteiger charge is -2.08. The molecule has 1 aromatic carbocycles. The van der Waals surface area contributed by atoms with Gasteiger partial charge in [0, 0.05) is 37.0 Å². The molecule has 4 aromatic rings. The molecule has 4 rings (SSSR count). The van der Waals surface area contributed by atoms with Gasteiger partial charge in [0.2, 0.25) is 23.0 Å². The summed E-state index contributed by atoms with van der Waals surface area (Å²) in [4.78, 5) is 11.2. The molecule has 0 aliphatic rings. The predicted molar refractivity (Wildman–Crippen MR) is 120 cm³/mol. The minimum Gasteiger partial charge on any atom is -0.338 e. The molecule has 3 aromatic heterocycles. The van der Waals surface area contributed by atoms with Gasteiger partial charge in [0.05, 0.1) is 18.4 Å². The zero-order chi connectivity index (χ0) is 22.5. The van der Waals surface area contributed by atoms with Gasteiger partial charge >= 0.3 is 0 Å². The van der Waals surface area contributed by atoms with E-state index in [0.717, 1.165) is 35.4 Å². The van der Waals surface area contributed by atoms with Crippen LogP contribution in [0.3, 0.4) is 0 Å². The summed E-state index contributed by atoms with van der Waals surface area (Å²) in [6.07, 6.45) is 3.51. The molecule has 1 atom stereocenters. The summed E-state index contributed by atoms with van der Waals surface area (Å²) in [5, 5.41) is 11.6. The van der Waals surface area contributed by atoms with Crippen molar-refractivity contribution >= 4 is 16.9 Å². The van der Waals surface area contributed by atoms with Crippen molar-refractivity contribution in [1.29, 1.82) is 0 Å². The second-order valence-electron chi connectivity index (χ2n) is 7.43. The van der Waals surface area contributed by atoms with Gasteiger partial charge in [0.1, 0.15) is 0 Å². The van der Waals surface area contributed by atoms with Crippen LogP contribution < -0.4 is 10.0 Å². The number of likely N-dealkylation sites (N-methyl/N-ethyl adjacent to an activating group) is 1. The van der Waals surface area contributed by atoms with Crippen LogP contribution in [0.4, 0.5) is 0 Å². The molecule has 12 heteroatoms. The summed E-state index contributed by atoms with van der Waals surface area (Å²) >= 11 is -2.13. The molecule has 0 aliphatic heterocycles. The van der Waals surface area contributed by atoms with Crippen LogP contribution >= 0.6 is 0 Å². The van der Waals surface area contributed by atoms with Crippen molar-refractivity contribution in [2.24, 2.45) is 0 Å². The van der Waals surface area contributed by atoms with Crippen LogP contribution in [-0.4, -0.2) is 65.6 Å². The Morgan fingerprint density at radius 2 is 2.03 bits per heavy atom. The van der Waals surface area contributed by atoms with Gasteiger partial charge in [0.15, 0.2) is 5.65 Å². The molecule has 0 saturated carbocycles. The van der Waals surface area contributed by atoms with Gasteiger partial charge < -0.3 is 14.7 Å². The van der Waals surface area contributed by atoms with Crippen molar-refractivity contribution in [3.05, 3.63) is 54.2 Å². The summed E-state index contributed by atoms with van der Waals surface area (Å²) in [5.41, 5.74) is 3.74. The van der Waals surface area contributed by atoms with E-state index >= 15 is 0 Å². The summed E-state index contributed by atoms with van der Waals surface area (Å²) in [7, 11) is 4.02. The highest BCUT2D eigenvalue weighted by molar-refractivity contribution is 7.77. The number of imidazole rings is 1. The van der Waals surface area contributed by atoms with Crippen molar-refractivity contribution < 1.29 is 13.3 Å². The Balaban J connectivity index is 1.61. The molecule has 3 heterocycles. The van der Waals surface area contributed by atoms with Crippen molar-refractivity contribution in [2.45, 2.75) is 13.1 Å². The predicted octanol–water partition coefficient (Wildman–Crippen LogP) is 1.32. The third kappa shape index (κ3) is 5.60. The molecule has 0 fully saturated rings.